The van der Waals surface area contributed by atoms with Gasteiger partial charge in [0.2, 0.25) is 0 Å². The van der Waals surface area contributed by atoms with Gasteiger partial charge in [0, 0.05) is 6.08 Å². The Labute approximate surface area is 78.4 Å². The summed E-state index contributed by atoms with van der Waals surface area (Å²) < 4.78 is 4.79. The molecule has 0 bridgehead atoms. The second-order valence-corrected chi connectivity index (χ2v) is 3.29. The Morgan fingerprint density at radius 1 is 1.62 bits per heavy atom. The van der Waals surface area contributed by atoms with Crippen molar-refractivity contribution < 1.29 is 14.6 Å². The Hall–Kier alpha value is -0.830. The molecule has 74 valence electrons. The average Bonchev–Trinajstić information content (AvgIpc) is 2.09. The molecule has 1 aliphatic rings. The quantitative estimate of drug-likeness (QED) is 0.521. The van der Waals surface area contributed by atoms with Gasteiger partial charge in [-0.05, 0) is 32.6 Å². The minimum absolute atomic E-state index is 0.181. The Bertz CT molecular complexity index is 198. The van der Waals surface area contributed by atoms with Gasteiger partial charge in [0.15, 0.2) is 0 Å². The third-order valence-corrected chi connectivity index (χ3v) is 2.21. The second-order valence-electron chi connectivity index (χ2n) is 3.29. The van der Waals surface area contributed by atoms with Crippen molar-refractivity contribution in [3.05, 3.63) is 11.6 Å². The zero-order valence-electron chi connectivity index (χ0n) is 7.95. The van der Waals surface area contributed by atoms with Crippen LogP contribution in [0.25, 0.3) is 0 Å². The molecule has 1 fully saturated rings. The molecule has 1 N–H and O–H groups in total. The van der Waals surface area contributed by atoms with Crippen LogP contribution in [0.3, 0.4) is 0 Å². The van der Waals surface area contributed by atoms with E-state index in [9.17, 15) is 9.90 Å². The highest BCUT2D eigenvalue weighted by molar-refractivity contribution is 5.82. The normalized spacial score (nSPS) is 22.6. The number of rotatable bonds is 2. The number of carbonyl (C=O) groups excluding carboxylic acids is 1. The van der Waals surface area contributed by atoms with Crippen LogP contribution in [-0.4, -0.2) is 23.8 Å². The van der Waals surface area contributed by atoms with Crippen LogP contribution in [0.2, 0.25) is 0 Å². The minimum atomic E-state index is -0.256. The monoisotopic (exact) mass is 184 g/mol. The molecule has 13 heavy (non-hydrogen) atoms. The number of allylic oxidation sites excluding steroid dienone is 1. The van der Waals surface area contributed by atoms with Gasteiger partial charge in [-0.25, -0.2) is 4.79 Å². The third kappa shape index (κ3) is 3.59. The number of aliphatic hydroxyl groups is 1. The van der Waals surface area contributed by atoms with Crippen LogP contribution in [0.15, 0.2) is 11.6 Å². The molecule has 0 aromatic rings. The Morgan fingerprint density at radius 3 is 2.77 bits per heavy atom. The van der Waals surface area contributed by atoms with Gasteiger partial charge < -0.3 is 9.84 Å². The summed E-state index contributed by atoms with van der Waals surface area (Å²) in [5.41, 5.74) is 1.10. The van der Waals surface area contributed by atoms with Crippen LogP contribution in [0.5, 0.6) is 0 Å². The first-order valence-electron chi connectivity index (χ1n) is 4.76. The van der Waals surface area contributed by atoms with Crippen molar-refractivity contribution in [2.75, 3.05) is 6.61 Å². The van der Waals surface area contributed by atoms with Crippen molar-refractivity contribution in [3.8, 4) is 0 Å². The maximum Gasteiger partial charge on any atom is 0.330 e. The molecule has 0 atom stereocenters. The first-order chi connectivity index (χ1) is 6.22. The van der Waals surface area contributed by atoms with E-state index in [-0.39, 0.29) is 12.1 Å². The van der Waals surface area contributed by atoms with E-state index in [1.54, 1.807) is 13.0 Å². The summed E-state index contributed by atoms with van der Waals surface area (Å²) >= 11 is 0. The number of hydrogen-bond acceptors (Lipinski definition) is 3. The standard InChI is InChI=1S/C10H16O3/c1-2-13-10(12)7-8-3-5-9(11)6-4-8/h7,9,11H,2-6H2,1H3. The van der Waals surface area contributed by atoms with Crippen molar-refractivity contribution >= 4 is 5.97 Å². The predicted molar refractivity (Wildman–Crippen MR) is 49.2 cm³/mol. The van der Waals surface area contributed by atoms with Gasteiger partial charge >= 0.3 is 5.97 Å². The van der Waals surface area contributed by atoms with E-state index in [0.29, 0.717) is 6.61 Å². The Balaban J connectivity index is 2.38. The van der Waals surface area contributed by atoms with Gasteiger partial charge in [-0.3, -0.25) is 0 Å². The molecule has 0 aromatic carbocycles. The van der Waals surface area contributed by atoms with Crippen molar-refractivity contribution in [1.82, 2.24) is 0 Å². The highest BCUT2D eigenvalue weighted by Crippen LogP contribution is 2.23. The van der Waals surface area contributed by atoms with E-state index < -0.39 is 0 Å². The Morgan fingerprint density at radius 2 is 2.23 bits per heavy atom. The zero-order chi connectivity index (χ0) is 9.68. The fraction of sp³-hybridized carbons (Fsp3) is 0.700. The number of aliphatic hydroxyl groups excluding tert-OH is 1. The molecule has 1 aliphatic carbocycles. The van der Waals surface area contributed by atoms with Crippen LogP contribution >= 0.6 is 0 Å². The Kier molecular flexibility index (Phi) is 3.96. The number of carbonyl (C=O) groups is 1. The van der Waals surface area contributed by atoms with E-state index in [0.717, 1.165) is 31.3 Å². The van der Waals surface area contributed by atoms with Crippen LogP contribution in [-0.2, 0) is 9.53 Å². The summed E-state index contributed by atoms with van der Waals surface area (Å²) in [6.45, 7) is 2.21. The highest BCUT2D eigenvalue weighted by atomic mass is 16.5. The van der Waals surface area contributed by atoms with Gasteiger partial charge in [0.05, 0.1) is 12.7 Å². The molecule has 0 spiro atoms. The van der Waals surface area contributed by atoms with Crippen molar-refractivity contribution in [3.63, 3.8) is 0 Å². The van der Waals surface area contributed by atoms with Crippen molar-refractivity contribution in [2.45, 2.75) is 38.7 Å². The lowest BCUT2D eigenvalue weighted by Gasteiger charge is -2.18. The fourth-order valence-electron chi connectivity index (χ4n) is 1.47. The summed E-state index contributed by atoms with van der Waals surface area (Å²) in [4.78, 5) is 11.0. The summed E-state index contributed by atoms with van der Waals surface area (Å²) in [6, 6.07) is 0. The summed E-state index contributed by atoms with van der Waals surface area (Å²) in [5.74, 6) is -0.256. The van der Waals surface area contributed by atoms with Crippen LogP contribution in [0, 0.1) is 0 Å². The third-order valence-electron chi connectivity index (χ3n) is 2.21. The van der Waals surface area contributed by atoms with Gasteiger partial charge in [-0.15, -0.1) is 0 Å². The molecular formula is C10H16O3. The number of esters is 1. The molecule has 0 amide bonds. The molecular weight excluding hydrogens is 168 g/mol. The zero-order valence-corrected chi connectivity index (χ0v) is 7.95. The molecule has 3 heteroatoms. The van der Waals surface area contributed by atoms with E-state index in [2.05, 4.69) is 0 Å². The van der Waals surface area contributed by atoms with Gasteiger partial charge in [-0.1, -0.05) is 5.57 Å². The van der Waals surface area contributed by atoms with Gasteiger partial charge in [-0.2, -0.15) is 0 Å². The first kappa shape index (κ1) is 10.3. The summed E-state index contributed by atoms with van der Waals surface area (Å²) in [6.07, 6.45) is 4.56. The van der Waals surface area contributed by atoms with E-state index >= 15 is 0 Å². The lowest BCUT2D eigenvalue weighted by atomic mass is 9.92. The smallest absolute Gasteiger partial charge is 0.330 e. The van der Waals surface area contributed by atoms with Gasteiger partial charge in [0.1, 0.15) is 0 Å². The predicted octanol–water partition coefficient (Wildman–Crippen LogP) is 1.41. The molecule has 0 saturated heterocycles. The van der Waals surface area contributed by atoms with Crippen molar-refractivity contribution in [2.24, 2.45) is 0 Å². The summed E-state index contributed by atoms with van der Waals surface area (Å²) in [5, 5.41) is 9.22. The minimum Gasteiger partial charge on any atom is -0.463 e. The molecule has 0 aromatic heterocycles. The van der Waals surface area contributed by atoms with Crippen LogP contribution in [0.4, 0.5) is 0 Å². The fourth-order valence-corrected chi connectivity index (χ4v) is 1.47. The molecule has 0 radical (unpaired) electrons. The van der Waals surface area contributed by atoms with Crippen LogP contribution in [0.1, 0.15) is 32.6 Å². The average molecular weight is 184 g/mol. The SMILES string of the molecule is CCOC(=O)C=C1CCC(O)CC1. The first-order valence-corrected chi connectivity index (χ1v) is 4.76. The van der Waals surface area contributed by atoms with E-state index in [1.165, 1.54) is 0 Å². The number of hydrogen-bond donors (Lipinski definition) is 1. The lowest BCUT2D eigenvalue weighted by Crippen LogP contribution is -2.13. The van der Waals surface area contributed by atoms with E-state index in [1.807, 2.05) is 0 Å². The maximum absolute atomic E-state index is 11.0. The molecule has 3 nitrogen and oxygen atoms in total. The molecule has 0 heterocycles. The topological polar surface area (TPSA) is 46.5 Å². The van der Waals surface area contributed by atoms with Crippen molar-refractivity contribution in [1.29, 1.82) is 0 Å². The van der Waals surface area contributed by atoms with Gasteiger partial charge in [0.25, 0.3) is 0 Å². The largest absolute Gasteiger partial charge is 0.463 e. The van der Waals surface area contributed by atoms with Crippen LogP contribution < -0.4 is 0 Å². The number of ether oxygens (including phenoxy) is 1. The summed E-state index contributed by atoms with van der Waals surface area (Å²) in [7, 11) is 0. The highest BCUT2D eigenvalue weighted by Gasteiger charge is 2.14. The molecule has 1 rings (SSSR count). The second kappa shape index (κ2) is 5.02. The molecule has 0 unspecified atom stereocenters. The molecule has 1 saturated carbocycles. The maximum atomic E-state index is 11.0. The molecule has 0 aliphatic heterocycles. The lowest BCUT2D eigenvalue weighted by molar-refractivity contribution is -0.137. The van der Waals surface area contributed by atoms with E-state index in [4.69, 9.17) is 4.74 Å².